The van der Waals surface area contributed by atoms with Gasteiger partial charge in [0.25, 0.3) is 0 Å². The lowest BCUT2D eigenvalue weighted by Crippen LogP contribution is -2.76. The van der Waals surface area contributed by atoms with E-state index in [4.69, 9.17) is 52.1 Å². The zero-order valence-corrected chi connectivity index (χ0v) is 77.6. The monoisotopic (exact) mass is 1770 g/mol. The molecular weight excluding hydrogens is 1640 g/mol. The number of carbonyl (C=O) groups excluding carboxylic acids is 8. The maximum atomic E-state index is 13.8. The fourth-order valence-corrected chi connectivity index (χ4v) is 20.5. The lowest BCUT2D eigenvalue weighted by atomic mass is 9.70. The Bertz CT molecular complexity index is 4510. The molecule has 0 radical (unpaired) electrons. The highest BCUT2D eigenvalue weighted by Gasteiger charge is 2.83. The minimum Gasteiger partial charge on any atom is -0.497 e. The summed E-state index contributed by atoms with van der Waals surface area (Å²) in [6.45, 7) is 18.5. The topological polar surface area (TPSA) is 271 Å². The van der Waals surface area contributed by atoms with E-state index in [0.717, 1.165) is 165 Å². The van der Waals surface area contributed by atoms with Crippen LogP contribution in [0.15, 0.2) is 188 Å². The van der Waals surface area contributed by atoms with Gasteiger partial charge in [0.05, 0.1) is 98.4 Å². The summed E-state index contributed by atoms with van der Waals surface area (Å²) in [6.07, 6.45) is 19.8. The second-order valence-corrected chi connectivity index (χ2v) is 36.2. The highest BCUT2D eigenvalue weighted by molar-refractivity contribution is 6.04. The molecule has 7 aromatic carbocycles. The van der Waals surface area contributed by atoms with Crippen LogP contribution in [0.25, 0.3) is 0 Å². The zero-order valence-electron chi connectivity index (χ0n) is 77.6. The van der Waals surface area contributed by atoms with Crippen molar-refractivity contribution in [2.24, 2.45) is 23.7 Å². The second-order valence-electron chi connectivity index (χ2n) is 36.2. The predicted octanol–water partition coefficient (Wildman–Crippen LogP) is 17.4. The summed E-state index contributed by atoms with van der Waals surface area (Å²) in [7, 11) is 6.46. The number of aliphatic hydroxyl groups is 1. The summed E-state index contributed by atoms with van der Waals surface area (Å²) in [5.41, 5.74) is -1.51. The first kappa shape index (κ1) is 97.4. The number of ether oxygens (including phenoxy) is 11. The van der Waals surface area contributed by atoms with Gasteiger partial charge in [0, 0.05) is 26.2 Å². The van der Waals surface area contributed by atoms with Crippen molar-refractivity contribution in [2.75, 3.05) is 54.9 Å². The highest BCUT2D eigenvalue weighted by Crippen LogP contribution is 2.60. The van der Waals surface area contributed by atoms with Crippen LogP contribution in [-0.2, 0) is 118 Å². The first-order valence-corrected chi connectivity index (χ1v) is 46.5. The minimum absolute atomic E-state index is 0.0241. The molecule has 8 aliphatic rings. The van der Waals surface area contributed by atoms with Crippen molar-refractivity contribution >= 4 is 47.5 Å². The van der Waals surface area contributed by atoms with Gasteiger partial charge in [-0.1, -0.05) is 270 Å². The molecule has 15 rings (SSSR count). The Morgan fingerprint density at radius 1 is 0.279 bits per heavy atom. The van der Waals surface area contributed by atoms with Gasteiger partial charge in [-0.3, -0.25) is 19.2 Å². The van der Waals surface area contributed by atoms with Crippen molar-refractivity contribution in [3.63, 3.8) is 0 Å². The van der Waals surface area contributed by atoms with E-state index >= 15 is 0 Å². The molecule has 4 amide bonds. The third-order valence-corrected chi connectivity index (χ3v) is 28.5. The van der Waals surface area contributed by atoms with Gasteiger partial charge in [-0.25, -0.2) is 19.2 Å². The SMILES string of the molecule is CCCCCC[C@@H]1C(=O)N(Cc2ccc(OC)cc2)C2(CO)C(=O)O[C@@]12C.CCCCCC[C@@H]1C(=O)N(Cc2ccc(OC)cc2)C2(COCc3ccccc3)C(=O)O[C@@]12C.CCCCCC[C@@H]1C(=O)N(Cc2ccc(OC)cc2)C2(COCc3ccccc3)C(=O)O[C@@]12C.CCCCCC[C@@H]1C(=O)N(Cc2ccc(OC)cc2)C2(COCc3ccccc3)C(=O)O[C@@]12C. The van der Waals surface area contributed by atoms with Crippen molar-refractivity contribution < 1.29 is 95.6 Å². The minimum atomic E-state index is -1.28. The van der Waals surface area contributed by atoms with Crippen LogP contribution in [0.2, 0.25) is 0 Å². The largest absolute Gasteiger partial charge is 0.497 e. The molecule has 0 spiro atoms. The average Bonchev–Trinajstić information content (AvgIpc) is 1.53. The van der Waals surface area contributed by atoms with Gasteiger partial charge < -0.3 is 76.8 Å². The molecule has 0 aromatic heterocycles. The van der Waals surface area contributed by atoms with E-state index in [2.05, 4.69) is 27.7 Å². The second kappa shape index (κ2) is 43.4. The Kier molecular flexibility index (Phi) is 32.8. The van der Waals surface area contributed by atoms with Crippen molar-refractivity contribution in [3.05, 3.63) is 227 Å². The fraction of sp³-hybridized carbons (Fsp3) is 0.524. The van der Waals surface area contributed by atoms with Crippen molar-refractivity contribution in [2.45, 2.75) is 274 Å². The van der Waals surface area contributed by atoms with E-state index in [9.17, 15) is 43.5 Å². The normalized spacial score (nSPS) is 26.4. The van der Waals surface area contributed by atoms with Crippen LogP contribution < -0.4 is 18.9 Å². The van der Waals surface area contributed by atoms with Gasteiger partial charge in [-0.15, -0.1) is 0 Å². The number of carbonyl (C=O) groups is 8. The van der Waals surface area contributed by atoms with Gasteiger partial charge in [0.2, 0.25) is 45.8 Å². The highest BCUT2D eigenvalue weighted by atomic mass is 16.6. The summed E-state index contributed by atoms with van der Waals surface area (Å²) in [4.78, 5) is 113. The Morgan fingerprint density at radius 3 is 0.682 bits per heavy atom. The summed E-state index contributed by atoms with van der Waals surface area (Å²) in [6, 6.07) is 59.7. The van der Waals surface area contributed by atoms with Crippen LogP contribution in [0, 0.1) is 23.7 Å². The maximum absolute atomic E-state index is 13.8. The van der Waals surface area contributed by atoms with Crippen LogP contribution >= 0.6 is 0 Å². The molecule has 0 aliphatic carbocycles. The Balaban J connectivity index is 0.000000156. The summed E-state index contributed by atoms with van der Waals surface area (Å²) >= 11 is 0. The van der Waals surface area contributed by atoms with Gasteiger partial charge in [0.1, 0.15) is 23.0 Å². The summed E-state index contributed by atoms with van der Waals surface area (Å²) in [5, 5.41) is 10.1. The van der Waals surface area contributed by atoms with Gasteiger partial charge in [0.15, 0.2) is 22.4 Å². The van der Waals surface area contributed by atoms with E-state index in [1.807, 2.05) is 209 Å². The first-order chi connectivity index (χ1) is 62.3. The molecule has 0 bridgehead atoms. The average molecular weight is 1770 g/mol. The number of aliphatic hydroxyl groups excluding tert-OH is 1. The third-order valence-electron chi connectivity index (χ3n) is 28.5. The molecule has 24 nitrogen and oxygen atoms in total. The maximum Gasteiger partial charge on any atom is 0.339 e. The molecule has 694 valence electrons. The Morgan fingerprint density at radius 2 is 0.488 bits per heavy atom. The van der Waals surface area contributed by atoms with E-state index < -0.39 is 63.1 Å². The number of nitrogens with zero attached hydrogens (tertiary/aromatic N) is 4. The third kappa shape index (κ3) is 19.2. The Labute approximate surface area is 761 Å². The van der Waals surface area contributed by atoms with Gasteiger partial charge in [-0.05, 0) is 141 Å². The van der Waals surface area contributed by atoms with Gasteiger partial charge in [-0.2, -0.15) is 0 Å². The molecule has 4 unspecified atom stereocenters. The van der Waals surface area contributed by atoms with E-state index in [0.29, 0.717) is 65.1 Å². The van der Waals surface area contributed by atoms with Gasteiger partial charge >= 0.3 is 23.9 Å². The summed E-state index contributed by atoms with van der Waals surface area (Å²) < 4.78 is 62.2. The van der Waals surface area contributed by atoms with E-state index in [-0.39, 0.29) is 85.7 Å². The number of rotatable bonds is 45. The molecular formula is C105H134N4O20. The van der Waals surface area contributed by atoms with Crippen LogP contribution in [0.4, 0.5) is 0 Å². The molecule has 24 heteroatoms. The number of methoxy groups -OCH3 is 4. The fourth-order valence-electron chi connectivity index (χ4n) is 20.5. The lowest BCUT2D eigenvalue weighted by molar-refractivity contribution is -0.244. The molecule has 8 saturated heterocycles. The van der Waals surface area contributed by atoms with Crippen LogP contribution in [0.3, 0.4) is 0 Å². The number of benzene rings is 7. The number of likely N-dealkylation sites (tertiary alicyclic amines) is 4. The number of hydrogen-bond donors (Lipinski definition) is 1. The smallest absolute Gasteiger partial charge is 0.339 e. The number of amides is 4. The molecule has 8 fully saturated rings. The predicted molar refractivity (Wildman–Crippen MR) is 487 cm³/mol. The molecule has 129 heavy (non-hydrogen) atoms. The van der Waals surface area contributed by atoms with E-state index in [1.165, 1.54) is 4.90 Å². The lowest BCUT2D eigenvalue weighted by Gasteiger charge is -2.54. The number of fused-ring (bicyclic) bond motifs is 4. The molecule has 8 heterocycles. The summed E-state index contributed by atoms with van der Waals surface area (Å²) in [5.74, 6) is -0.322. The van der Waals surface area contributed by atoms with Crippen LogP contribution in [0.5, 0.6) is 23.0 Å². The van der Waals surface area contributed by atoms with Crippen molar-refractivity contribution in [1.82, 2.24) is 19.6 Å². The van der Waals surface area contributed by atoms with Crippen molar-refractivity contribution in [1.29, 1.82) is 0 Å². The molecule has 1 N–H and O–H groups in total. The first-order valence-electron chi connectivity index (χ1n) is 46.5. The number of esters is 4. The van der Waals surface area contributed by atoms with E-state index in [1.54, 1.807) is 50.1 Å². The molecule has 0 saturated carbocycles. The Hall–Kier alpha value is -10.7. The molecule has 12 atom stereocenters. The number of unbranched alkanes of at least 4 members (excludes halogenated alkanes) is 12. The molecule has 7 aromatic rings. The quantitative estimate of drug-likeness (QED) is 0.0211. The molecule has 8 aliphatic heterocycles. The van der Waals surface area contributed by atoms with Crippen molar-refractivity contribution in [3.8, 4) is 23.0 Å². The standard InChI is InChI=1S/3C28H35NO5.C21H29NO5/c3*1-4-5-6-10-13-24-25(30)29(18-21-14-16-23(32-3)17-15-21)28(26(31)34-27(24,28)2)20-33-19-22-11-8-7-9-12-22;1-4-5-6-7-8-17-18(24)22(13-15-9-11-16(26-3)12-10-15)21(14-23)19(25)27-20(17,21)2/h3*7-9,11-12,14-17,24H,4-6,10,13,18-20H2,1-3H3;9-12,17,23H,4-8,13-14H2,1-3H3/t3*24-,27+,28?;17-,20+,21?/m1111/s1. The van der Waals surface area contributed by atoms with Crippen LogP contribution in [0.1, 0.15) is 223 Å². The number of hydrogen-bond acceptors (Lipinski definition) is 20. The zero-order chi connectivity index (χ0) is 92.2. The van der Waals surface area contributed by atoms with Crippen LogP contribution in [-0.4, -0.2) is 172 Å².